The van der Waals surface area contributed by atoms with Crippen LogP contribution in [0.2, 0.25) is 0 Å². The van der Waals surface area contributed by atoms with Crippen LogP contribution in [0.25, 0.3) is 16.9 Å². The largest absolute Gasteiger partial charge is 0.370 e. The minimum atomic E-state index is -0.0354. The molecule has 0 amide bonds. The third-order valence-corrected chi connectivity index (χ3v) is 5.26. The van der Waals surface area contributed by atoms with Gasteiger partial charge in [-0.25, -0.2) is 4.98 Å². The van der Waals surface area contributed by atoms with E-state index in [0.717, 1.165) is 36.5 Å². The van der Waals surface area contributed by atoms with E-state index in [-0.39, 0.29) is 5.56 Å². The number of aromatic nitrogens is 2. The Morgan fingerprint density at radius 2 is 1.90 bits per heavy atom. The fourth-order valence-electron chi connectivity index (χ4n) is 3.70. The van der Waals surface area contributed by atoms with Gasteiger partial charge in [0, 0.05) is 30.9 Å². The number of hydrogen-bond donors (Lipinski definition) is 0. The molecule has 2 aromatic heterocycles. The lowest BCUT2D eigenvalue weighted by Gasteiger charge is -2.27. The minimum absolute atomic E-state index is 0.0354. The highest BCUT2D eigenvalue weighted by Gasteiger charge is 2.11. The molecule has 4 heteroatoms. The Morgan fingerprint density at radius 1 is 1.07 bits per heavy atom. The molecule has 0 aliphatic carbocycles. The predicted octanol–water partition coefficient (Wildman–Crippen LogP) is 5.58. The number of rotatable bonds is 9. The lowest BCUT2D eigenvalue weighted by atomic mass is 10.1. The summed E-state index contributed by atoms with van der Waals surface area (Å²) in [4.78, 5) is 20.0. The van der Waals surface area contributed by atoms with Crippen molar-refractivity contribution in [2.45, 2.75) is 53.4 Å². The fraction of sp³-hybridized carbons (Fsp3) is 0.440. The zero-order chi connectivity index (χ0) is 20.8. The number of benzene rings is 1. The normalized spacial score (nSPS) is 11.3. The van der Waals surface area contributed by atoms with Crippen LogP contribution in [-0.4, -0.2) is 22.5 Å². The van der Waals surface area contributed by atoms with E-state index in [4.69, 9.17) is 4.98 Å². The van der Waals surface area contributed by atoms with Gasteiger partial charge in [-0.3, -0.25) is 9.20 Å². The molecule has 2 heterocycles. The molecule has 0 bridgehead atoms. The van der Waals surface area contributed by atoms with Crippen LogP contribution in [0, 0.1) is 5.92 Å². The van der Waals surface area contributed by atoms with Gasteiger partial charge in [0.2, 0.25) is 0 Å². The van der Waals surface area contributed by atoms with Crippen molar-refractivity contribution in [1.82, 2.24) is 9.38 Å². The second-order valence-electron chi connectivity index (χ2n) is 8.20. The predicted molar refractivity (Wildman–Crippen MR) is 123 cm³/mol. The van der Waals surface area contributed by atoms with E-state index in [1.807, 2.05) is 24.4 Å². The maximum atomic E-state index is 12.9. The van der Waals surface area contributed by atoms with E-state index in [1.165, 1.54) is 24.8 Å². The van der Waals surface area contributed by atoms with E-state index < -0.39 is 0 Å². The first-order valence-corrected chi connectivity index (χ1v) is 10.9. The Morgan fingerprint density at radius 3 is 2.62 bits per heavy atom. The van der Waals surface area contributed by atoms with Crippen molar-refractivity contribution in [2.75, 3.05) is 18.0 Å². The standard InChI is InChI=1S/C25H33N3O/c1-5-7-8-14-27(17-19(3)4)22-12-13-24-26-23(16-25(29)28(24)18-22)21-11-9-10-20(6-2)15-21/h9-13,15-16,18-19H,5-8,14,17H2,1-4H3. The average molecular weight is 392 g/mol. The van der Waals surface area contributed by atoms with Crippen LogP contribution in [0.1, 0.15) is 52.5 Å². The molecule has 0 saturated carbocycles. The van der Waals surface area contributed by atoms with E-state index in [1.54, 1.807) is 10.5 Å². The van der Waals surface area contributed by atoms with E-state index in [0.29, 0.717) is 11.6 Å². The summed E-state index contributed by atoms with van der Waals surface area (Å²) in [6.45, 7) is 10.8. The Balaban J connectivity index is 1.97. The lowest BCUT2D eigenvalue weighted by Crippen LogP contribution is -2.29. The number of aryl methyl sites for hydroxylation is 1. The first kappa shape index (κ1) is 21.1. The van der Waals surface area contributed by atoms with Gasteiger partial charge in [-0.2, -0.15) is 0 Å². The molecule has 0 aliphatic rings. The highest BCUT2D eigenvalue weighted by Crippen LogP contribution is 2.21. The summed E-state index contributed by atoms with van der Waals surface area (Å²) in [6.07, 6.45) is 6.52. The lowest BCUT2D eigenvalue weighted by molar-refractivity contribution is 0.587. The molecule has 29 heavy (non-hydrogen) atoms. The molecular weight excluding hydrogens is 358 g/mol. The molecule has 0 N–H and O–H groups in total. The molecule has 0 aliphatic heterocycles. The molecule has 1 aromatic carbocycles. The molecule has 0 unspecified atom stereocenters. The number of fused-ring (bicyclic) bond motifs is 1. The van der Waals surface area contributed by atoms with E-state index in [9.17, 15) is 4.79 Å². The molecule has 0 atom stereocenters. The third kappa shape index (κ3) is 5.26. The van der Waals surface area contributed by atoms with Crippen molar-refractivity contribution >= 4 is 11.3 Å². The third-order valence-electron chi connectivity index (χ3n) is 5.26. The Bertz CT molecular complexity index is 1010. The summed E-state index contributed by atoms with van der Waals surface area (Å²) >= 11 is 0. The number of hydrogen-bond acceptors (Lipinski definition) is 3. The molecule has 3 rings (SSSR count). The molecule has 0 spiro atoms. The van der Waals surface area contributed by atoms with Gasteiger partial charge in [-0.1, -0.05) is 58.7 Å². The highest BCUT2D eigenvalue weighted by molar-refractivity contribution is 5.63. The zero-order valence-electron chi connectivity index (χ0n) is 18.2. The zero-order valence-corrected chi connectivity index (χ0v) is 18.2. The van der Waals surface area contributed by atoms with E-state index in [2.05, 4.69) is 50.8 Å². The summed E-state index contributed by atoms with van der Waals surface area (Å²) < 4.78 is 1.68. The SMILES string of the molecule is CCCCCN(CC(C)C)c1ccc2nc(-c3cccc(CC)c3)cc(=O)n2c1. The quantitative estimate of drug-likeness (QED) is 0.447. The van der Waals surface area contributed by atoms with Gasteiger partial charge >= 0.3 is 0 Å². The summed E-state index contributed by atoms with van der Waals surface area (Å²) in [5, 5.41) is 0. The Kier molecular flexibility index (Phi) is 7.08. The van der Waals surface area contributed by atoms with E-state index >= 15 is 0 Å². The molecule has 154 valence electrons. The van der Waals surface area contributed by atoms with Gasteiger partial charge in [-0.05, 0) is 42.5 Å². The molecule has 0 radical (unpaired) electrons. The summed E-state index contributed by atoms with van der Waals surface area (Å²) in [7, 11) is 0. The topological polar surface area (TPSA) is 37.6 Å². The molecule has 3 aromatic rings. The van der Waals surface area contributed by atoms with Gasteiger partial charge in [-0.15, -0.1) is 0 Å². The van der Waals surface area contributed by atoms with Crippen LogP contribution in [0.5, 0.6) is 0 Å². The van der Waals surface area contributed by atoms with Crippen molar-refractivity contribution in [3.63, 3.8) is 0 Å². The second-order valence-corrected chi connectivity index (χ2v) is 8.20. The number of anilines is 1. The average Bonchev–Trinajstić information content (AvgIpc) is 2.72. The van der Waals surface area contributed by atoms with Gasteiger partial charge in [0.15, 0.2) is 0 Å². The van der Waals surface area contributed by atoms with Crippen LogP contribution in [-0.2, 0) is 6.42 Å². The Labute approximate surface area is 174 Å². The van der Waals surface area contributed by atoms with Crippen molar-refractivity contribution in [3.05, 3.63) is 64.6 Å². The summed E-state index contributed by atoms with van der Waals surface area (Å²) in [5.74, 6) is 0.565. The molecule has 4 nitrogen and oxygen atoms in total. The number of pyridine rings is 1. The van der Waals surface area contributed by atoms with Crippen LogP contribution in [0.3, 0.4) is 0 Å². The van der Waals surface area contributed by atoms with Crippen LogP contribution >= 0.6 is 0 Å². The molecule has 0 fully saturated rings. The van der Waals surface area contributed by atoms with Gasteiger partial charge in [0.1, 0.15) is 5.65 Å². The first-order chi connectivity index (χ1) is 14.0. The maximum Gasteiger partial charge on any atom is 0.258 e. The van der Waals surface area contributed by atoms with Crippen LogP contribution in [0.4, 0.5) is 5.69 Å². The summed E-state index contributed by atoms with van der Waals surface area (Å²) in [5.41, 5.74) is 4.72. The number of unbranched alkanes of at least 4 members (excludes halogenated alkanes) is 2. The van der Waals surface area contributed by atoms with Gasteiger partial charge in [0.25, 0.3) is 5.56 Å². The number of nitrogens with zero attached hydrogens (tertiary/aromatic N) is 3. The smallest absolute Gasteiger partial charge is 0.258 e. The van der Waals surface area contributed by atoms with Gasteiger partial charge in [0.05, 0.1) is 11.4 Å². The van der Waals surface area contributed by atoms with Crippen LogP contribution < -0.4 is 10.5 Å². The summed E-state index contributed by atoms with van der Waals surface area (Å²) in [6, 6.07) is 14.0. The second kappa shape index (κ2) is 9.73. The first-order valence-electron chi connectivity index (χ1n) is 10.9. The fourth-order valence-corrected chi connectivity index (χ4v) is 3.70. The maximum absolute atomic E-state index is 12.9. The van der Waals surface area contributed by atoms with Crippen molar-refractivity contribution in [3.8, 4) is 11.3 Å². The minimum Gasteiger partial charge on any atom is -0.370 e. The highest BCUT2D eigenvalue weighted by atomic mass is 16.1. The van der Waals surface area contributed by atoms with Gasteiger partial charge < -0.3 is 4.90 Å². The van der Waals surface area contributed by atoms with Crippen molar-refractivity contribution in [1.29, 1.82) is 0 Å². The van der Waals surface area contributed by atoms with Crippen molar-refractivity contribution < 1.29 is 0 Å². The van der Waals surface area contributed by atoms with Crippen molar-refractivity contribution in [2.24, 2.45) is 5.92 Å². The van der Waals surface area contributed by atoms with Crippen LogP contribution in [0.15, 0.2) is 53.5 Å². The monoisotopic (exact) mass is 391 g/mol. The Hall–Kier alpha value is -2.62. The molecular formula is C25H33N3O. The molecule has 0 saturated heterocycles.